The molecule has 0 saturated heterocycles. The van der Waals surface area contributed by atoms with Gasteiger partial charge in [0.05, 0.1) is 17.9 Å². The Balaban J connectivity index is 2.04. The van der Waals surface area contributed by atoms with E-state index in [1.807, 2.05) is 32.0 Å². The SMILES string of the molecule is CC(C)Oc1cccc(C=NNC(=O)c2cc(O)ccc2O)c1. The van der Waals surface area contributed by atoms with Crippen LogP contribution in [0, 0.1) is 0 Å². The molecule has 0 bridgehead atoms. The average molecular weight is 314 g/mol. The normalized spacial score (nSPS) is 10.9. The summed E-state index contributed by atoms with van der Waals surface area (Å²) in [5.74, 6) is -0.261. The van der Waals surface area contributed by atoms with Gasteiger partial charge in [-0.1, -0.05) is 12.1 Å². The van der Waals surface area contributed by atoms with Crippen molar-refractivity contribution in [2.45, 2.75) is 20.0 Å². The largest absolute Gasteiger partial charge is 0.508 e. The molecule has 6 nitrogen and oxygen atoms in total. The highest BCUT2D eigenvalue weighted by molar-refractivity contribution is 5.97. The predicted octanol–water partition coefficient (Wildman–Crippen LogP) is 2.65. The number of aromatic hydroxyl groups is 2. The van der Waals surface area contributed by atoms with Crippen LogP contribution in [0.4, 0.5) is 0 Å². The van der Waals surface area contributed by atoms with E-state index >= 15 is 0 Å². The smallest absolute Gasteiger partial charge is 0.275 e. The first-order valence-corrected chi connectivity index (χ1v) is 7.08. The Morgan fingerprint density at radius 3 is 2.74 bits per heavy atom. The Morgan fingerprint density at radius 1 is 1.22 bits per heavy atom. The van der Waals surface area contributed by atoms with Crippen molar-refractivity contribution >= 4 is 12.1 Å². The Labute approximate surface area is 134 Å². The monoisotopic (exact) mass is 314 g/mol. The second-order valence-electron chi connectivity index (χ2n) is 5.14. The topological polar surface area (TPSA) is 91.2 Å². The van der Waals surface area contributed by atoms with Crippen molar-refractivity contribution in [2.75, 3.05) is 0 Å². The molecular formula is C17H18N2O4. The number of amides is 1. The van der Waals surface area contributed by atoms with Crippen molar-refractivity contribution in [2.24, 2.45) is 5.10 Å². The van der Waals surface area contributed by atoms with Crippen molar-refractivity contribution < 1.29 is 19.7 Å². The van der Waals surface area contributed by atoms with Gasteiger partial charge in [-0.3, -0.25) is 4.79 Å². The van der Waals surface area contributed by atoms with Crippen molar-refractivity contribution in [3.63, 3.8) is 0 Å². The molecule has 0 unspecified atom stereocenters. The van der Waals surface area contributed by atoms with Gasteiger partial charge < -0.3 is 14.9 Å². The van der Waals surface area contributed by atoms with Crippen molar-refractivity contribution in [3.8, 4) is 17.2 Å². The lowest BCUT2D eigenvalue weighted by Crippen LogP contribution is -2.17. The van der Waals surface area contributed by atoms with E-state index in [2.05, 4.69) is 10.5 Å². The third-order valence-electron chi connectivity index (χ3n) is 2.83. The average Bonchev–Trinajstić information content (AvgIpc) is 2.49. The van der Waals surface area contributed by atoms with Gasteiger partial charge in [-0.25, -0.2) is 5.43 Å². The second kappa shape index (κ2) is 7.31. The summed E-state index contributed by atoms with van der Waals surface area (Å²) in [6.45, 7) is 3.87. The molecule has 0 atom stereocenters. The van der Waals surface area contributed by atoms with Crippen molar-refractivity contribution in [1.29, 1.82) is 0 Å². The number of phenols is 2. The summed E-state index contributed by atoms with van der Waals surface area (Å²) < 4.78 is 5.57. The van der Waals surface area contributed by atoms with Gasteiger partial charge in [-0.05, 0) is 49.7 Å². The zero-order valence-electron chi connectivity index (χ0n) is 12.9. The van der Waals surface area contributed by atoms with E-state index in [0.717, 1.165) is 11.6 Å². The third kappa shape index (κ3) is 4.74. The van der Waals surface area contributed by atoms with E-state index in [0.29, 0.717) is 5.75 Å². The van der Waals surface area contributed by atoms with Crippen LogP contribution < -0.4 is 10.2 Å². The number of hydrogen-bond acceptors (Lipinski definition) is 5. The summed E-state index contributed by atoms with van der Waals surface area (Å²) in [5.41, 5.74) is 2.99. The second-order valence-corrected chi connectivity index (χ2v) is 5.14. The molecule has 6 heteroatoms. The highest BCUT2D eigenvalue weighted by Gasteiger charge is 2.10. The number of phenolic OH excluding ortho intramolecular Hbond substituents is 2. The molecule has 3 N–H and O–H groups in total. The van der Waals surface area contributed by atoms with Gasteiger partial charge in [-0.15, -0.1) is 0 Å². The number of nitrogens with zero attached hydrogens (tertiary/aromatic N) is 1. The predicted molar refractivity (Wildman–Crippen MR) is 87.0 cm³/mol. The minimum atomic E-state index is -0.621. The van der Waals surface area contributed by atoms with E-state index in [-0.39, 0.29) is 23.2 Å². The third-order valence-corrected chi connectivity index (χ3v) is 2.83. The molecular weight excluding hydrogens is 296 g/mol. The van der Waals surface area contributed by atoms with E-state index < -0.39 is 5.91 Å². The molecule has 1 amide bonds. The molecule has 2 aromatic rings. The number of benzene rings is 2. The maximum atomic E-state index is 11.9. The summed E-state index contributed by atoms with van der Waals surface area (Å²) in [4.78, 5) is 11.9. The van der Waals surface area contributed by atoms with Crippen LogP contribution in [0.5, 0.6) is 17.2 Å². The minimum absolute atomic E-state index is 0.0564. The molecule has 0 spiro atoms. The number of nitrogens with one attached hydrogen (secondary N) is 1. The van der Waals surface area contributed by atoms with Gasteiger partial charge in [0.2, 0.25) is 0 Å². The first-order chi connectivity index (χ1) is 11.0. The Bertz CT molecular complexity index is 726. The number of carbonyl (C=O) groups excluding carboxylic acids is 1. The zero-order chi connectivity index (χ0) is 16.8. The molecule has 0 heterocycles. The first-order valence-electron chi connectivity index (χ1n) is 7.08. The van der Waals surface area contributed by atoms with Crippen molar-refractivity contribution in [3.05, 3.63) is 53.6 Å². The molecule has 0 radical (unpaired) electrons. The lowest BCUT2D eigenvalue weighted by molar-refractivity contribution is 0.0952. The van der Waals surface area contributed by atoms with Crippen LogP contribution in [0.25, 0.3) is 0 Å². The van der Waals surface area contributed by atoms with E-state index in [1.165, 1.54) is 18.3 Å². The Kier molecular flexibility index (Phi) is 5.19. The molecule has 0 fully saturated rings. The molecule has 0 aliphatic carbocycles. The maximum Gasteiger partial charge on any atom is 0.275 e. The van der Waals surface area contributed by atoms with Gasteiger partial charge in [0.15, 0.2) is 0 Å². The summed E-state index contributed by atoms with van der Waals surface area (Å²) in [6.07, 6.45) is 1.53. The molecule has 23 heavy (non-hydrogen) atoms. The van der Waals surface area contributed by atoms with Crippen LogP contribution in [0.1, 0.15) is 29.8 Å². The van der Waals surface area contributed by atoms with Gasteiger partial charge >= 0.3 is 0 Å². The fourth-order valence-corrected chi connectivity index (χ4v) is 1.87. The van der Waals surface area contributed by atoms with E-state index in [1.54, 1.807) is 6.07 Å². The van der Waals surface area contributed by atoms with E-state index in [4.69, 9.17) is 4.74 Å². The van der Waals surface area contributed by atoms with Crippen LogP contribution in [0.3, 0.4) is 0 Å². The standard InChI is InChI=1S/C17H18N2O4/c1-11(2)23-14-5-3-4-12(8-14)10-18-19-17(22)15-9-13(20)6-7-16(15)21/h3-11,20-21H,1-2H3,(H,19,22). The van der Waals surface area contributed by atoms with Gasteiger partial charge in [0.1, 0.15) is 17.2 Å². The number of hydrazone groups is 1. The Hall–Kier alpha value is -3.02. The lowest BCUT2D eigenvalue weighted by Gasteiger charge is -2.09. The quantitative estimate of drug-likeness (QED) is 0.449. The number of hydrogen-bond donors (Lipinski definition) is 3. The summed E-state index contributed by atoms with van der Waals surface area (Å²) in [6, 6.07) is 11.0. The molecule has 0 saturated carbocycles. The van der Waals surface area contributed by atoms with Crippen LogP contribution in [0.2, 0.25) is 0 Å². The maximum absolute atomic E-state index is 11.9. The number of carbonyl (C=O) groups is 1. The molecule has 0 aliphatic rings. The highest BCUT2D eigenvalue weighted by Crippen LogP contribution is 2.21. The van der Waals surface area contributed by atoms with Crippen LogP contribution in [-0.4, -0.2) is 28.4 Å². The fraction of sp³-hybridized carbons (Fsp3) is 0.176. The summed E-state index contributed by atoms with van der Waals surface area (Å²) >= 11 is 0. The lowest BCUT2D eigenvalue weighted by atomic mass is 10.2. The molecule has 0 aromatic heterocycles. The summed E-state index contributed by atoms with van der Waals surface area (Å²) in [5, 5.41) is 22.8. The Morgan fingerprint density at radius 2 is 2.00 bits per heavy atom. The first kappa shape index (κ1) is 16.4. The number of rotatable bonds is 5. The molecule has 2 rings (SSSR count). The van der Waals surface area contributed by atoms with Crippen LogP contribution >= 0.6 is 0 Å². The van der Waals surface area contributed by atoms with Crippen molar-refractivity contribution in [1.82, 2.24) is 5.43 Å². The molecule has 2 aromatic carbocycles. The number of ether oxygens (including phenoxy) is 1. The molecule has 0 aliphatic heterocycles. The van der Waals surface area contributed by atoms with Crippen LogP contribution in [-0.2, 0) is 0 Å². The highest BCUT2D eigenvalue weighted by atomic mass is 16.5. The van der Waals surface area contributed by atoms with Gasteiger partial charge in [0.25, 0.3) is 5.91 Å². The minimum Gasteiger partial charge on any atom is -0.508 e. The zero-order valence-corrected chi connectivity index (χ0v) is 12.9. The van der Waals surface area contributed by atoms with Gasteiger partial charge in [0, 0.05) is 0 Å². The summed E-state index contributed by atoms with van der Waals surface area (Å²) in [7, 11) is 0. The van der Waals surface area contributed by atoms with Gasteiger partial charge in [-0.2, -0.15) is 5.10 Å². The fourth-order valence-electron chi connectivity index (χ4n) is 1.87. The van der Waals surface area contributed by atoms with Crippen LogP contribution in [0.15, 0.2) is 47.6 Å². The molecule has 120 valence electrons. The van der Waals surface area contributed by atoms with E-state index in [9.17, 15) is 15.0 Å².